The van der Waals surface area contributed by atoms with Gasteiger partial charge in [0.15, 0.2) is 5.96 Å². The third kappa shape index (κ3) is 5.69. The summed E-state index contributed by atoms with van der Waals surface area (Å²) in [5.74, 6) is 1.59. The van der Waals surface area contributed by atoms with Gasteiger partial charge in [-0.1, -0.05) is 42.5 Å². The lowest BCUT2D eigenvalue weighted by Crippen LogP contribution is -2.43. The number of pyridine rings is 1. The Labute approximate surface area is 178 Å². The first kappa shape index (κ1) is 21.2. The number of rotatable bonds is 5. The Balaban J connectivity index is 0.00000261. The van der Waals surface area contributed by atoms with E-state index in [0.29, 0.717) is 19.0 Å². The first-order chi connectivity index (χ1) is 12.8. The molecule has 0 unspecified atom stereocenters. The van der Waals surface area contributed by atoms with E-state index in [-0.39, 0.29) is 24.0 Å². The summed E-state index contributed by atoms with van der Waals surface area (Å²) < 4.78 is 5.60. The molecule has 6 heteroatoms. The predicted octanol–water partition coefficient (Wildman–Crippen LogP) is 3.96. The molecule has 5 nitrogen and oxygen atoms in total. The molecular formula is C21H27IN4O. The zero-order valence-corrected chi connectivity index (χ0v) is 18.2. The van der Waals surface area contributed by atoms with Crippen LogP contribution in [0.15, 0.2) is 59.7 Å². The van der Waals surface area contributed by atoms with Crippen molar-refractivity contribution in [1.29, 1.82) is 0 Å². The molecule has 1 aromatic carbocycles. The molecule has 1 N–H and O–H groups in total. The minimum atomic E-state index is 0. The molecule has 0 atom stereocenters. The highest BCUT2D eigenvalue weighted by Crippen LogP contribution is 2.22. The van der Waals surface area contributed by atoms with Crippen molar-refractivity contribution >= 4 is 35.5 Å². The van der Waals surface area contributed by atoms with E-state index < -0.39 is 0 Å². The number of guanidine groups is 1. The Kier molecular flexibility index (Phi) is 8.57. The van der Waals surface area contributed by atoms with Crippen LogP contribution in [-0.2, 0) is 6.54 Å². The van der Waals surface area contributed by atoms with Crippen molar-refractivity contribution in [3.8, 4) is 5.88 Å². The zero-order chi connectivity index (χ0) is 18.2. The standard InChI is InChI=1S/C21H26N4O.HI/c1-3-26-20-19(10-7-13-23-20)16-24-21(22-2)25-14-11-18(12-15-25)17-8-5-4-6-9-17;/h4-11,13H,3,12,14-16H2,1-2H3,(H,22,24);1H. The highest BCUT2D eigenvalue weighted by Gasteiger charge is 2.16. The van der Waals surface area contributed by atoms with E-state index in [1.807, 2.05) is 26.1 Å². The second kappa shape index (κ2) is 10.9. The van der Waals surface area contributed by atoms with Gasteiger partial charge in [0.25, 0.3) is 0 Å². The summed E-state index contributed by atoms with van der Waals surface area (Å²) in [5.41, 5.74) is 3.75. The van der Waals surface area contributed by atoms with Crippen molar-refractivity contribution in [3.05, 3.63) is 65.9 Å². The summed E-state index contributed by atoms with van der Waals surface area (Å²) in [6.45, 7) is 5.02. The molecule has 144 valence electrons. The zero-order valence-electron chi connectivity index (χ0n) is 15.9. The molecule has 2 aromatic rings. The molecule has 3 rings (SSSR count). The van der Waals surface area contributed by atoms with Crippen LogP contribution in [0.25, 0.3) is 5.57 Å². The monoisotopic (exact) mass is 478 g/mol. The third-order valence-corrected chi connectivity index (χ3v) is 4.43. The van der Waals surface area contributed by atoms with Crippen LogP contribution in [-0.4, -0.2) is 42.6 Å². The number of halogens is 1. The molecule has 1 aromatic heterocycles. The van der Waals surface area contributed by atoms with Crippen LogP contribution in [0.1, 0.15) is 24.5 Å². The maximum Gasteiger partial charge on any atom is 0.218 e. The van der Waals surface area contributed by atoms with Crippen LogP contribution >= 0.6 is 24.0 Å². The summed E-state index contributed by atoms with van der Waals surface area (Å²) in [6, 6.07) is 14.5. The Bertz CT molecular complexity index is 777. The lowest BCUT2D eigenvalue weighted by molar-refractivity contribution is 0.322. The molecule has 0 fully saturated rings. The fourth-order valence-electron chi connectivity index (χ4n) is 3.11. The summed E-state index contributed by atoms with van der Waals surface area (Å²) >= 11 is 0. The molecule has 0 saturated heterocycles. The van der Waals surface area contributed by atoms with Gasteiger partial charge >= 0.3 is 0 Å². The van der Waals surface area contributed by atoms with Crippen molar-refractivity contribution in [2.45, 2.75) is 19.9 Å². The van der Waals surface area contributed by atoms with Crippen LogP contribution in [0.4, 0.5) is 0 Å². The fraction of sp³-hybridized carbons (Fsp3) is 0.333. The average molecular weight is 478 g/mol. The van der Waals surface area contributed by atoms with Gasteiger partial charge < -0.3 is 15.0 Å². The number of ether oxygens (including phenoxy) is 1. The SMILES string of the molecule is CCOc1ncccc1CNC(=NC)N1CC=C(c2ccccc2)CC1.I. The van der Waals surface area contributed by atoms with Gasteiger partial charge in [0.2, 0.25) is 5.88 Å². The largest absolute Gasteiger partial charge is 0.478 e. The topological polar surface area (TPSA) is 49.8 Å². The summed E-state index contributed by atoms with van der Waals surface area (Å²) in [5, 5.41) is 3.44. The van der Waals surface area contributed by atoms with Crippen LogP contribution in [0.3, 0.4) is 0 Å². The van der Waals surface area contributed by atoms with Crippen molar-refractivity contribution in [2.75, 3.05) is 26.7 Å². The summed E-state index contributed by atoms with van der Waals surface area (Å²) in [7, 11) is 1.82. The summed E-state index contributed by atoms with van der Waals surface area (Å²) in [6.07, 6.45) is 5.06. The van der Waals surface area contributed by atoms with Gasteiger partial charge in [0, 0.05) is 38.4 Å². The van der Waals surface area contributed by atoms with Gasteiger partial charge in [-0.2, -0.15) is 0 Å². The molecular weight excluding hydrogens is 451 g/mol. The second-order valence-corrected chi connectivity index (χ2v) is 6.09. The number of hydrogen-bond donors (Lipinski definition) is 1. The molecule has 0 bridgehead atoms. The Morgan fingerprint density at radius 1 is 1.22 bits per heavy atom. The number of hydrogen-bond acceptors (Lipinski definition) is 3. The number of aromatic nitrogens is 1. The van der Waals surface area contributed by atoms with Gasteiger partial charge in [0.1, 0.15) is 0 Å². The second-order valence-electron chi connectivity index (χ2n) is 6.09. The van der Waals surface area contributed by atoms with Gasteiger partial charge in [-0.05, 0) is 30.5 Å². The van der Waals surface area contributed by atoms with E-state index in [1.165, 1.54) is 11.1 Å². The van der Waals surface area contributed by atoms with Crippen molar-refractivity contribution < 1.29 is 4.74 Å². The molecule has 0 spiro atoms. The Hall–Kier alpha value is -2.09. The quantitative estimate of drug-likeness (QED) is 0.402. The fourth-order valence-corrected chi connectivity index (χ4v) is 3.11. The smallest absolute Gasteiger partial charge is 0.218 e. The number of benzene rings is 1. The van der Waals surface area contributed by atoms with E-state index in [9.17, 15) is 0 Å². The van der Waals surface area contributed by atoms with E-state index >= 15 is 0 Å². The molecule has 0 amide bonds. The van der Waals surface area contributed by atoms with E-state index in [2.05, 4.69) is 56.6 Å². The van der Waals surface area contributed by atoms with Gasteiger partial charge in [-0.15, -0.1) is 24.0 Å². The maximum atomic E-state index is 5.60. The van der Waals surface area contributed by atoms with Crippen molar-refractivity contribution in [2.24, 2.45) is 4.99 Å². The number of nitrogens with one attached hydrogen (secondary N) is 1. The summed E-state index contributed by atoms with van der Waals surface area (Å²) in [4.78, 5) is 11.0. The predicted molar refractivity (Wildman–Crippen MR) is 122 cm³/mol. The molecule has 0 aliphatic carbocycles. The first-order valence-corrected chi connectivity index (χ1v) is 9.08. The molecule has 0 radical (unpaired) electrons. The van der Waals surface area contributed by atoms with Crippen molar-refractivity contribution in [3.63, 3.8) is 0 Å². The lowest BCUT2D eigenvalue weighted by Gasteiger charge is -2.30. The normalized spacial score (nSPS) is 14.2. The average Bonchev–Trinajstić information content (AvgIpc) is 2.71. The molecule has 1 aliphatic rings. The third-order valence-electron chi connectivity index (χ3n) is 4.43. The van der Waals surface area contributed by atoms with E-state index in [1.54, 1.807) is 6.20 Å². The maximum absolute atomic E-state index is 5.60. The molecule has 2 heterocycles. The van der Waals surface area contributed by atoms with Crippen LogP contribution in [0, 0.1) is 0 Å². The van der Waals surface area contributed by atoms with Crippen LogP contribution < -0.4 is 10.1 Å². The highest BCUT2D eigenvalue weighted by atomic mass is 127. The highest BCUT2D eigenvalue weighted by molar-refractivity contribution is 14.0. The Morgan fingerprint density at radius 2 is 2.04 bits per heavy atom. The van der Waals surface area contributed by atoms with Gasteiger partial charge in [-0.3, -0.25) is 4.99 Å². The first-order valence-electron chi connectivity index (χ1n) is 9.08. The number of nitrogens with zero attached hydrogens (tertiary/aromatic N) is 3. The molecule has 0 saturated carbocycles. The lowest BCUT2D eigenvalue weighted by atomic mass is 10.00. The number of aliphatic imine (C=N–C) groups is 1. The van der Waals surface area contributed by atoms with E-state index in [0.717, 1.165) is 31.0 Å². The van der Waals surface area contributed by atoms with Crippen LogP contribution in [0.2, 0.25) is 0 Å². The molecule has 1 aliphatic heterocycles. The Morgan fingerprint density at radius 3 is 2.70 bits per heavy atom. The van der Waals surface area contributed by atoms with Gasteiger partial charge in [0.05, 0.1) is 6.61 Å². The minimum Gasteiger partial charge on any atom is -0.478 e. The van der Waals surface area contributed by atoms with Crippen LogP contribution in [0.5, 0.6) is 5.88 Å². The van der Waals surface area contributed by atoms with E-state index in [4.69, 9.17) is 4.74 Å². The molecule has 27 heavy (non-hydrogen) atoms. The minimum absolute atomic E-state index is 0. The van der Waals surface area contributed by atoms with Gasteiger partial charge in [-0.25, -0.2) is 4.98 Å². The van der Waals surface area contributed by atoms with Crippen molar-refractivity contribution in [1.82, 2.24) is 15.2 Å².